The lowest BCUT2D eigenvalue weighted by molar-refractivity contribution is -0.120. The van der Waals surface area contributed by atoms with Crippen molar-refractivity contribution in [2.75, 3.05) is 49.9 Å². The van der Waals surface area contributed by atoms with Crippen LogP contribution in [0.3, 0.4) is 0 Å². The highest BCUT2D eigenvalue weighted by atomic mass is 19.1. The summed E-state index contributed by atoms with van der Waals surface area (Å²) in [4.78, 5) is 28.5. The highest BCUT2D eigenvalue weighted by molar-refractivity contribution is 5.92. The van der Waals surface area contributed by atoms with Crippen molar-refractivity contribution in [3.8, 4) is 0 Å². The molecule has 0 unspecified atom stereocenters. The third-order valence-electron chi connectivity index (χ3n) is 4.61. The van der Waals surface area contributed by atoms with Gasteiger partial charge in [-0.05, 0) is 42.8 Å². The quantitative estimate of drug-likeness (QED) is 0.802. The molecule has 148 valence electrons. The van der Waals surface area contributed by atoms with E-state index in [1.807, 2.05) is 36.1 Å². The van der Waals surface area contributed by atoms with Crippen LogP contribution >= 0.6 is 0 Å². The van der Waals surface area contributed by atoms with Crippen LogP contribution in [0.1, 0.15) is 5.56 Å². The summed E-state index contributed by atoms with van der Waals surface area (Å²) in [5.41, 5.74) is 2.36. The van der Waals surface area contributed by atoms with Gasteiger partial charge in [-0.3, -0.25) is 19.4 Å². The lowest BCUT2D eigenvalue weighted by atomic mass is 10.2. The van der Waals surface area contributed by atoms with Crippen molar-refractivity contribution < 1.29 is 14.0 Å². The topological polar surface area (TPSA) is 64.7 Å². The summed E-state index contributed by atoms with van der Waals surface area (Å²) < 4.78 is 13.2. The number of hydrogen-bond donors (Lipinski definition) is 2. The summed E-state index contributed by atoms with van der Waals surface area (Å²) in [5.74, 6) is -0.588. The van der Waals surface area contributed by atoms with Gasteiger partial charge in [0.1, 0.15) is 5.82 Å². The molecule has 2 amide bonds. The normalized spacial score (nSPS) is 15.2. The van der Waals surface area contributed by atoms with E-state index in [0.29, 0.717) is 38.4 Å². The number of nitrogens with one attached hydrogen (secondary N) is 2. The number of amides is 2. The average molecular weight is 384 g/mol. The first-order chi connectivity index (χ1) is 13.5. The minimum absolute atomic E-state index is 0.0390. The van der Waals surface area contributed by atoms with Crippen LogP contribution < -0.4 is 10.6 Å². The SMILES string of the molecule is Cc1cccc(NC(=O)CN2CCN(CC(=O)Nc3cccc(F)c3)CC2)c1. The van der Waals surface area contributed by atoms with Crippen molar-refractivity contribution in [2.45, 2.75) is 6.92 Å². The van der Waals surface area contributed by atoms with Crippen molar-refractivity contribution in [2.24, 2.45) is 0 Å². The zero-order chi connectivity index (χ0) is 19.9. The standard InChI is InChI=1S/C21H25FN4O2/c1-16-4-2-6-18(12-16)23-20(27)14-25-8-10-26(11-9-25)15-21(28)24-19-7-3-5-17(22)13-19/h2-7,12-13H,8-11,14-15H2,1H3,(H,23,27)(H,24,28). The smallest absolute Gasteiger partial charge is 0.238 e. The summed E-state index contributed by atoms with van der Waals surface area (Å²) in [6.45, 7) is 5.40. The van der Waals surface area contributed by atoms with Crippen LogP contribution in [0, 0.1) is 12.7 Å². The minimum atomic E-state index is -0.379. The zero-order valence-electron chi connectivity index (χ0n) is 16.0. The predicted molar refractivity (Wildman–Crippen MR) is 108 cm³/mol. The molecule has 6 nitrogen and oxygen atoms in total. The Morgan fingerprint density at radius 2 is 1.36 bits per heavy atom. The number of piperazine rings is 1. The molecule has 2 N–H and O–H groups in total. The second-order valence-electron chi connectivity index (χ2n) is 7.03. The Bertz CT molecular complexity index is 765. The van der Waals surface area contributed by atoms with Crippen LogP contribution in [0.5, 0.6) is 0 Å². The lowest BCUT2D eigenvalue weighted by Crippen LogP contribution is -2.50. The number of aryl methyl sites for hydroxylation is 1. The van der Waals surface area contributed by atoms with Gasteiger partial charge in [0.05, 0.1) is 13.1 Å². The van der Waals surface area contributed by atoms with Gasteiger partial charge in [0, 0.05) is 37.6 Å². The fourth-order valence-corrected chi connectivity index (χ4v) is 3.20. The van der Waals surface area contributed by atoms with Crippen LogP contribution in [0.2, 0.25) is 0 Å². The molecule has 1 aliphatic heterocycles. The van der Waals surface area contributed by atoms with E-state index in [1.54, 1.807) is 12.1 Å². The van der Waals surface area contributed by atoms with E-state index in [4.69, 9.17) is 0 Å². The van der Waals surface area contributed by atoms with Crippen LogP contribution in [-0.4, -0.2) is 60.9 Å². The van der Waals surface area contributed by atoms with E-state index in [9.17, 15) is 14.0 Å². The molecule has 0 spiro atoms. The fraction of sp³-hybridized carbons (Fsp3) is 0.333. The van der Waals surface area contributed by atoms with Crippen molar-refractivity contribution in [3.63, 3.8) is 0 Å². The molecule has 1 fully saturated rings. The average Bonchev–Trinajstić information content (AvgIpc) is 2.63. The Morgan fingerprint density at radius 1 is 0.857 bits per heavy atom. The number of hydrogen-bond acceptors (Lipinski definition) is 4. The molecule has 0 aromatic heterocycles. The Kier molecular flexibility index (Phi) is 6.73. The third kappa shape index (κ3) is 6.14. The summed E-state index contributed by atoms with van der Waals surface area (Å²) in [5, 5.41) is 5.62. The Labute approximate surface area is 164 Å². The molecule has 1 saturated heterocycles. The van der Waals surface area contributed by atoms with Crippen molar-refractivity contribution >= 4 is 23.2 Å². The number of benzene rings is 2. The highest BCUT2D eigenvalue weighted by Crippen LogP contribution is 2.11. The molecule has 2 aromatic carbocycles. The van der Waals surface area contributed by atoms with E-state index in [1.165, 1.54) is 12.1 Å². The molecule has 7 heteroatoms. The van der Waals surface area contributed by atoms with Gasteiger partial charge >= 0.3 is 0 Å². The fourth-order valence-electron chi connectivity index (χ4n) is 3.20. The van der Waals surface area contributed by atoms with Gasteiger partial charge in [-0.25, -0.2) is 4.39 Å². The largest absolute Gasteiger partial charge is 0.325 e. The van der Waals surface area contributed by atoms with E-state index < -0.39 is 0 Å². The second kappa shape index (κ2) is 9.43. The summed E-state index contributed by atoms with van der Waals surface area (Å²) in [7, 11) is 0. The molecule has 0 saturated carbocycles. The van der Waals surface area contributed by atoms with Gasteiger partial charge in [0.15, 0.2) is 0 Å². The van der Waals surface area contributed by atoms with Crippen molar-refractivity contribution in [3.05, 3.63) is 59.9 Å². The molecule has 1 aliphatic rings. The number of halogens is 1. The Balaban J connectivity index is 1.39. The maximum atomic E-state index is 13.2. The molecule has 28 heavy (non-hydrogen) atoms. The summed E-state index contributed by atoms with van der Waals surface area (Å²) >= 11 is 0. The Morgan fingerprint density at radius 3 is 1.86 bits per heavy atom. The van der Waals surface area contributed by atoms with Crippen molar-refractivity contribution in [1.82, 2.24) is 9.80 Å². The van der Waals surface area contributed by atoms with Gasteiger partial charge in [0.25, 0.3) is 0 Å². The number of anilines is 2. The van der Waals surface area contributed by atoms with E-state index in [0.717, 1.165) is 11.3 Å². The minimum Gasteiger partial charge on any atom is -0.325 e. The van der Waals surface area contributed by atoms with Gasteiger partial charge in [-0.1, -0.05) is 18.2 Å². The highest BCUT2D eigenvalue weighted by Gasteiger charge is 2.20. The maximum Gasteiger partial charge on any atom is 0.238 e. The summed E-state index contributed by atoms with van der Waals surface area (Å²) in [6.07, 6.45) is 0. The monoisotopic (exact) mass is 384 g/mol. The van der Waals surface area contributed by atoms with Gasteiger partial charge < -0.3 is 10.6 Å². The van der Waals surface area contributed by atoms with Gasteiger partial charge in [-0.15, -0.1) is 0 Å². The number of carbonyl (C=O) groups is 2. The number of nitrogens with zero attached hydrogens (tertiary/aromatic N) is 2. The van der Waals surface area contributed by atoms with Crippen LogP contribution in [0.4, 0.5) is 15.8 Å². The number of carbonyl (C=O) groups excluding carboxylic acids is 2. The number of rotatable bonds is 6. The summed E-state index contributed by atoms with van der Waals surface area (Å²) in [6, 6.07) is 13.6. The van der Waals surface area contributed by atoms with E-state index >= 15 is 0 Å². The van der Waals surface area contributed by atoms with Gasteiger partial charge in [-0.2, -0.15) is 0 Å². The Hall–Kier alpha value is -2.77. The molecule has 3 rings (SSSR count). The van der Waals surface area contributed by atoms with E-state index in [-0.39, 0.29) is 24.2 Å². The van der Waals surface area contributed by atoms with Crippen LogP contribution in [0.15, 0.2) is 48.5 Å². The maximum absolute atomic E-state index is 13.2. The lowest BCUT2D eigenvalue weighted by Gasteiger charge is -2.33. The second-order valence-corrected chi connectivity index (χ2v) is 7.03. The van der Waals surface area contributed by atoms with Crippen LogP contribution in [-0.2, 0) is 9.59 Å². The van der Waals surface area contributed by atoms with Crippen LogP contribution in [0.25, 0.3) is 0 Å². The molecule has 1 heterocycles. The molecule has 0 bridgehead atoms. The first-order valence-electron chi connectivity index (χ1n) is 9.34. The zero-order valence-corrected chi connectivity index (χ0v) is 16.0. The molecule has 0 aliphatic carbocycles. The van der Waals surface area contributed by atoms with Gasteiger partial charge in [0.2, 0.25) is 11.8 Å². The van der Waals surface area contributed by atoms with Crippen molar-refractivity contribution in [1.29, 1.82) is 0 Å². The predicted octanol–water partition coefficient (Wildman–Crippen LogP) is 2.33. The molecular formula is C21H25FN4O2. The first kappa shape index (κ1) is 20.0. The third-order valence-corrected chi connectivity index (χ3v) is 4.61. The molecule has 0 radical (unpaired) electrons. The molecular weight excluding hydrogens is 359 g/mol. The first-order valence-corrected chi connectivity index (χ1v) is 9.34. The molecule has 0 atom stereocenters. The molecule has 2 aromatic rings. The van der Waals surface area contributed by atoms with E-state index in [2.05, 4.69) is 15.5 Å².